The molecule has 0 aliphatic carbocycles. The van der Waals surface area contributed by atoms with Gasteiger partial charge in [0.25, 0.3) is 11.8 Å². The Morgan fingerprint density at radius 3 is 2.52 bits per heavy atom. The molecule has 2 N–H and O–H groups in total. The van der Waals surface area contributed by atoms with Crippen molar-refractivity contribution in [3.63, 3.8) is 0 Å². The third-order valence-electron chi connectivity index (χ3n) is 3.95. The van der Waals surface area contributed by atoms with Gasteiger partial charge in [-0.15, -0.1) is 0 Å². The van der Waals surface area contributed by atoms with Crippen LogP contribution in [0.5, 0.6) is 5.75 Å². The molecule has 0 spiro atoms. The van der Waals surface area contributed by atoms with Crippen molar-refractivity contribution < 1.29 is 18.7 Å². The molecule has 6 heteroatoms. The van der Waals surface area contributed by atoms with Crippen molar-refractivity contribution in [3.05, 3.63) is 83.3 Å². The second-order valence-electron chi connectivity index (χ2n) is 6.00. The van der Waals surface area contributed by atoms with Crippen molar-refractivity contribution >= 4 is 17.5 Å². The maximum absolute atomic E-state index is 12.3. The number of hydrogen-bond donors (Lipinski definition) is 2. The van der Waals surface area contributed by atoms with E-state index < -0.39 is 0 Å². The number of ether oxygens (including phenoxy) is 1. The van der Waals surface area contributed by atoms with E-state index in [-0.39, 0.29) is 24.1 Å². The summed E-state index contributed by atoms with van der Waals surface area (Å²) in [4.78, 5) is 24.4. The maximum Gasteiger partial charge on any atom is 0.291 e. The quantitative estimate of drug-likeness (QED) is 0.697. The number of methoxy groups -OCH3 is 1. The first kappa shape index (κ1) is 18.3. The first-order valence-corrected chi connectivity index (χ1v) is 8.44. The van der Waals surface area contributed by atoms with E-state index in [4.69, 9.17) is 9.15 Å². The molecule has 138 valence electrons. The Hall–Kier alpha value is -3.54. The zero-order valence-electron chi connectivity index (χ0n) is 15.1. The Bertz CT molecular complexity index is 945. The van der Waals surface area contributed by atoms with E-state index in [1.54, 1.807) is 55.6 Å². The number of furan rings is 1. The van der Waals surface area contributed by atoms with Crippen LogP contribution in [0.4, 0.5) is 5.69 Å². The van der Waals surface area contributed by atoms with E-state index in [0.29, 0.717) is 22.8 Å². The summed E-state index contributed by atoms with van der Waals surface area (Å²) in [6.45, 7) is 2.15. The molecule has 0 radical (unpaired) electrons. The number of carbonyl (C=O) groups excluding carboxylic acids is 2. The van der Waals surface area contributed by atoms with Gasteiger partial charge in [0.1, 0.15) is 11.5 Å². The lowest BCUT2D eigenvalue weighted by atomic mass is 10.1. The second kappa shape index (κ2) is 8.23. The van der Waals surface area contributed by atoms with Crippen molar-refractivity contribution in [1.82, 2.24) is 5.32 Å². The molecule has 1 heterocycles. The van der Waals surface area contributed by atoms with E-state index >= 15 is 0 Å². The molecular formula is C21H20N2O4. The molecule has 0 saturated carbocycles. The zero-order valence-corrected chi connectivity index (χ0v) is 15.1. The third kappa shape index (κ3) is 4.76. The number of carbonyl (C=O) groups is 2. The first-order chi connectivity index (χ1) is 13.0. The molecule has 0 saturated heterocycles. The topological polar surface area (TPSA) is 80.6 Å². The summed E-state index contributed by atoms with van der Waals surface area (Å²) < 4.78 is 10.7. The van der Waals surface area contributed by atoms with Gasteiger partial charge in [-0.05, 0) is 43.3 Å². The zero-order chi connectivity index (χ0) is 19.2. The molecule has 2 aromatic carbocycles. The minimum absolute atomic E-state index is 0.164. The van der Waals surface area contributed by atoms with Crippen molar-refractivity contribution in [2.75, 3.05) is 12.4 Å². The van der Waals surface area contributed by atoms with Gasteiger partial charge in [0.05, 0.1) is 13.7 Å². The van der Waals surface area contributed by atoms with Crippen molar-refractivity contribution in [2.24, 2.45) is 0 Å². The van der Waals surface area contributed by atoms with Gasteiger partial charge in [0.2, 0.25) is 0 Å². The number of aryl methyl sites for hydroxylation is 1. The minimum atomic E-state index is -0.376. The SMILES string of the molecule is COc1cccc(NC(=O)c2ccc(CNC(=O)c3ccc(C)cc3)o2)c1. The van der Waals surface area contributed by atoms with Crippen molar-refractivity contribution in [1.29, 1.82) is 0 Å². The molecule has 0 atom stereocenters. The van der Waals surface area contributed by atoms with E-state index in [2.05, 4.69) is 10.6 Å². The predicted octanol–water partition coefficient (Wildman–Crippen LogP) is 3.78. The molecule has 1 aromatic heterocycles. The lowest BCUT2D eigenvalue weighted by Crippen LogP contribution is -2.22. The summed E-state index contributed by atoms with van der Waals surface area (Å²) in [7, 11) is 1.56. The summed E-state index contributed by atoms with van der Waals surface area (Å²) >= 11 is 0. The van der Waals surface area contributed by atoms with Gasteiger partial charge >= 0.3 is 0 Å². The van der Waals surface area contributed by atoms with Gasteiger partial charge in [0, 0.05) is 17.3 Å². The molecule has 2 amide bonds. The molecule has 0 fully saturated rings. The number of anilines is 1. The van der Waals surface area contributed by atoms with Gasteiger partial charge in [-0.25, -0.2) is 0 Å². The number of hydrogen-bond acceptors (Lipinski definition) is 4. The van der Waals surface area contributed by atoms with Crippen LogP contribution >= 0.6 is 0 Å². The van der Waals surface area contributed by atoms with Crippen molar-refractivity contribution in [2.45, 2.75) is 13.5 Å². The monoisotopic (exact) mass is 364 g/mol. The number of amides is 2. The molecule has 0 bridgehead atoms. The minimum Gasteiger partial charge on any atom is -0.497 e. The van der Waals surface area contributed by atoms with Gasteiger partial charge in [-0.1, -0.05) is 23.8 Å². The number of nitrogens with one attached hydrogen (secondary N) is 2. The molecule has 3 aromatic rings. The first-order valence-electron chi connectivity index (χ1n) is 8.44. The Morgan fingerprint density at radius 2 is 1.78 bits per heavy atom. The average molecular weight is 364 g/mol. The van der Waals surface area contributed by atoms with E-state index in [0.717, 1.165) is 5.56 Å². The van der Waals surface area contributed by atoms with Crippen LogP contribution in [-0.2, 0) is 6.54 Å². The predicted molar refractivity (Wildman–Crippen MR) is 102 cm³/mol. The Morgan fingerprint density at radius 1 is 1.00 bits per heavy atom. The highest BCUT2D eigenvalue weighted by Gasteiger charge is 2.13. The van der Waals surface area contributed by atoms with E-state index in [9.17, 15) is 9.59 Å². The molecule has 0 aliphatic heterocycles. The highest BCUT2D eigenvalue weighted by molar-refractivity contribution is 6.02. The van der Waals surface area contributed by atoms with Crippen LogP contribution in [0.15, 0.2) is 65.1 Å². The van der Waals surface area contributed by atoms with E-state index in [1.165, 1.54) is 0 Å². The fourth-order valence-corrected chi connectivity index (χ4v) is 2.46. The second-order valence-corrected chi connectivity index (χ2v) is 6.00. The fraction of sp³-hybridized carbons (Fsp3) is 0.143. The third-order valence-corrected chi connectivity index (χ3v) is 3.95. The summed E-state index contributed by atoms with van der Waals surface area (Å²) in [5.41, 5.74) is 2.26. The Balaban J connectivity index is 1.58. The average Bonchev–Trinajstić information content (AvgIpc) is 3.16. The lowest BCUT2D eigenvalue weighted by Gasteiger charge is -2.06. The van der Waals surface area contributed by atoms with Crippen LogP contribution in [-0.4, -0.2) is 18.9 Å². The van der Waals surface area contributed by atoms with Crippen LogP contribution in [0, 0.1) is 6.92 Å². The Labute approximate surface area is 157 Å². The van der Waals surface area contributed by atoms with Crippen LogP contribution < -0.4 is 15.4 Å². The summed E-state index contributed by atoms with van der Waals surface area (Å²) in [6, 6.07) is 17.6. The highest BCUT2D eigenvalue weighted by Crippen LogP contribution is 2.18. The van der Waals surface area contributed by atoms with Crippen LogP contribution in [0.3, 0.4) is 0 Å². The maximum atomic E-state index is 12.3. The van der Waals surface area contributed by atoms with Crippen LogP contribution in [0.1, 0.15) is 32.2 Å². The molecule has 27 heavy (non-hydrogen) atoms. The Kier molecular flexibility index (Phi) is 5.56. The molecule has 6 nitrogen and oxygen atoms in total. The molecule has 3 rings (SSSR count). The standard InChI is InChI=1S/C21H20N2O4/c1-14-6-8-15(9-7-14)20(24)22-13-18-10-11-19(27-18)21(25)23-16-4-3-5-17(12-16)26-2/h3-12H,13H2,1-2H3,(H,22,24)(H,23,25). The van der Waals surface area contributed by atoms with Crippen LogP contribution in [0.2, 0.25) is 0 Å². The van der Waals surface area contributed by atoms with Crippen molar-refractivity contribution in [3.8, 4) is 5.75 Å². The van der Waals surface area contributed by atoms with Crippen LogP contribution in [0.25, 0.3) is 0 Å². The summed E-state index contributed by atoms with van der Waals surface area (Å²) in [5, 5.41) is 5.51. The number of benzene rings is 2. The van der Waals surface area contributed by atoms with Gasteiger partial charge in [-0.2, -0.15) is 0 Å². The summed E-state index contributed by atoms with van der Waals surface area (Å²) in [6.07, 6.45) is 0. The molecule has 0 aliphatic rings. The molecule has 0 unspecified atom stereocenters. The molecular weight excluding hydrogens is 344 g/mol. The largest absolute Gasteiger partial charge is 0.497 e. The van der Waals surface area contributed by atoms with E-state index in [1.807, 2.05) is 19.1 Å². The lowest BCUT2D eigenvalue weighted by molar-refractivity contribution is 0.0948. The summed E-state index contributed by atoms with van der Waals surface area (Å²) in [5.74, 6) is 0.726. The van der Waals surface area contributed by atoms with Gasteiger partial charge in [0.15, 0.2) is 5.76 Å². The number of rotatable bonds is 6. The normalized spacial score (nSPS) is 10.3. The highest BCUT2D eigenvalue weighted by atomic mass is 16.5. The van der Waals surface area contributed by atoms with Gasteiger partial charge < -0.3 is 19.8 Å². The fourth-order valence-electron chi connectivity index (χ4n) is 2.46. The van der Waals surface area contributed by atoms with Gasteiger partial charge in [-0.3, -0.25) is 9.59 Å². The smallest absolute Gasteiger partial charge is 0.291 e.